The fourth-order valence-corrected chi connectivity index (χ4v) is 4.10. The molecule has 38 heteroatoms. The van der Waals surface area contributed by atoms with E-state index in [1.807, 2.05) is 0 Å². The van der Waals surface area contributed by atoms with Gasteiger partial charge in [0, 0.05) is 11.3 Å². The van der Waals surface area contributed by atoms with Gasteiger partial charge in [-0.05, 0) is 11.5 Å². The van der Waals surface area contributed by atoms with Crippen molar-refractivity contribution < 1.29 is 159 Å². The van der Waals surface area contributed by atoms with E-state index in [0.717, 1.165) is 0 Å². The Labute approximate surface area is 303 Å². The Morgan fingerprint density at radius 3 is 0.767 bits per heavy atom. The van der Waals surface area contributed by atoms with Gasteiger partial charge in [-0.3, -0.25) is 0 Å². The molecule has 0 saturated carbocycles. The Morgan fingerprint density at radius 1 is 0.317 bits per heavy atom. The molecule has 0 aliphatic rings. The van der Waals surface area contributed by atoms with Crippen LogP contribution in [0.1, 0.15) is 11.1 Å². The van der Waals surface area contributed by atoms with Crippen LogP contribution in [0.15, 0.2) is 12.1 Å². The number of benzene rings is 1. The van der Waals surface area contributed by atoms with Gasteiger partial charge in [-0.1, -0.05) is 6.07 Å². The zero-order valence-electron chi connectivity index (χ0n) is 26.1. The minimum Gasteiger partial charge on any atom is -0.423 e. The van der Waals surface area contributed by atoms with E-state index in [4.69, 9.17) is 10.0 Å². The highest BCUT2D eigenvalue weighted by atomic mass is 19.4. The van der Waals surface area contributed by atoms with Gasteiger partial charge >= 0.3 is 102 Å². The van der Waals surface area contributed by atoms with Crippen LogP contribution in [0.3, 0.4) is 0 Å². The first-order valence-electron chi connectivity index (χ1n) is 13.2. The summed E-state index contributed by atoms with van der Waals surface area (Å²) >= 11 is 0. The van der Waals surface area contributed by atoms with Crippen LogP contribution in [0.4, 0.5) is 155 Å². The zero-order valence-corrected chi connectivity index (χ0v) is 26.1. The molecule has 352 valence electrons. The third-order valence-corrected chi connectivity index (χ3v) is 7.60. The Hall–Kier alpha value is -3.38. The molecule has 0 heterocycles. The number of rotatable bonds is 15. The summed E-state index contributed by atoms with van der Waals surface area (Å²) in [7, 11) is -4.74. The third-order valence-electron chi connectivity index (χ3n) is 7.60. The first-order chi connectivity index (χ1) is 25.4. The predicted octanol–water partition coefficient (Wildman–Crippen LogP) is 9.88. The molecule has 0 amide bonds. The van der Waals surface area contributed by atoms with Gasteiger partial charge in [0.2, 0.25) is 0 Å². The fraction of sp³-hybridized carbons (Fsp3) is 0.727. The number of hydrogen-bond donors (Lipinski definition) is 3. The van der Waals surface area contributed by atoms with Crippen molar-refractivity contribution in [1.82, 2.24) is 0 Å². The topological polar surface area (TPSA) is 66.5 Å². The molecule has 0 unspecified atom stereocenters. The summed E-state index contributed by atoms with van der Waals surface area (Å²) in [5.41, 5.74) is -10.9. The predicted molar refractivity (Wildman–Crippen MR) is 120 cm³/mol. The highest BCUT2D eigenvalue weighted by Crippen LogP contribution is 2.67. The maximum Gasteiger partial charge on any atom is 0.489 e. The summed E-state index contributed by atoms with van der Waals surface area (Å²) < 4.78 is 464. The van der Waals surface area contributed by atoms with Crippen LogP contribution in [-0.4, -0.2) is 101 Å². The van der Waals surface area contributed by atoms with Gasteiger partial charge in [0.25, 0.3) is 0 Å². The molecule has 3 nitrogen and oxygen atoms in total. The molecule has 0 atom stereocenters. The van der Waals surface area contributed by atoms with Crippen molar-refractivity contribution in [3.63, 3.8) is 0 Å². The maximum absolute atomic E-state index is 14.9. The van der Waals surface area contributed by atoms with Gasteiger partial charge in [-0.2, -0.15) is 149 Å². The van der Waals surface area contributed by atoms with Gasteiger partial charge in [0.1, 0.15) is 0 Å². The molecule has 1 aromatic carbocycles. The molecular weight excluding hydrogens is 967 g/mol. The number of nitrogen functional groups attached to an aromatic ring is 1. The van der Waals surface area contributed by atoms with Gasteiger partial charge in [-0.25, -0.2) is 0 Å². The van der Waals surface area contributed by atoms with Crippen LogP contribution in [-0.2, 0) is 11.8 Å². The molecule has 1 rings (SSSR count). The first-order valence-corrected chi connectivity index (χ1v) is 13.2. The summed E-state index contributed by atoms with van der Waals surface area (Å²) in [5, 5.41) is 18.1. The maximum atomic E-state index is 14.9. The summed E-state index contributed by atoms with van der Waals surface area (Å²) in [5.74, 6) is -126. The smallest absolute Gasteiger partial charge is 0.423 e. The van der Waals surface area contributed by atoms with Gasteiger partial charge in [0.05, 0.1) is 5.56 Å². The summed E-state index contributed by atoms with van der Waals surface area (Å²) in [6.45, 7) is 0. The standard InChI is InChI=1S/C22H6BF34NO2/c24-7(25,9(28,29)11(32,33)13(36,37)15(40,41)17(44,45)19(48,49)21(52,53)54)3-1-4(23(59)60)6(5(58)2-3)8(26,27)10(30,31)12(34,35)14(38,39)16(42,43)18(46,47)20(50,51)22(55,56)57/h1-2,59-60H,58H2. The Bertz CT molecular complexity index is 1760. The molecule has 1 aromatic rings. The Morgan fingerprint density at radius 2 is 0.533 bits per heavy atom. The number of halogens is 34. The monoisotopic (exact) mass is 973 g/mol. The van der Waals surface area contributed by atoms with Crippen molar-refractivity contribution in [3.8, 4) is 0 Å². The van der Waals surface area contributed by atoms with E-state index in [1.165, 1.54) is 0 Å². The van der Waals surface area contributed by atoms with E-state index < -0.39 is 137 Å². The highest BCUT2D eigenvalue weighted by Gasteiger charge is 2.97. The number of alkyl halides is 34. The van der Waals surface area contributed by atoms with Crippen LogP contribution in [0, 0.1) is 0 Å². The minimum absolute atomic E-state index is 1.97. The average Bonchev–Trinajstić information content (AvgIpc) is 3.01. The lowest BCUT2D eigenvalue weighted by Crippen LogP contribution is -2.74. The second-order valence-electron chi connectivity index (χ2n) is 11.4. The minimum atomic E-state index is -9.41. The SMILES string of the molecule is Nc1cc(C(F)(F)C(F)(F)C(F)(F)C(F)(F)C(F)(F)C(F)(F)C(F)(F)C(F)(F)F)cc(B(O)O)c1C(F)(F)C(F)(F)C(F)(F)C(F)(F)C(F)(F)C(F)(F)C(F)(F)C(F)(F)F. The van der Waals surface area contributed by atoms with Gasteiger partial charge in [-0.15, -0.1) is 0 Å². The molecule has 0 aliphatic heterocycles. The summed E-state index contributed by atoms with van der Waals surface area (Å²) in [6.07, 6.45) is -16.4. The molecule has 0 aliphatic carbocycles. The second-order valence-corrected chi connectivity index (χ2v) is 11.4. The molecule has 0 spiro atoms. The Balaban J connectivity index is 4.23. The zero-order chi connectivity index (χ0) is 49.3. The van der Waals surface area contributed by atoms with Gasteiger partial charge < -0.3 is 15.8 Å². The van der Waals surface area contributed by atoms with Crippen molar-refractivity contribution >= 4 is 18.3 Å². The van der Waals surface area contributed by atoms with Crippen LogP contribution in [0.5, 0.6) is 0 Å². The quantitative estimate of drug-likeness (QED) is 0.0933. The van der Waals surface area contributed by atoms with Crippen molar-refractivity contribution in [2.75, 3.05) is 5.73 Å². The molecule has 0 fully saturated rings. The summed E-state index contributed by atoms with van der Waals surface area (Å²) in [6, 6.07) is -4.03. The number of nitrogens with two attached hydrogens (primary N) is 1. The first kappa shape index (κ1) is 54.6. The largest absolute Gasteiger partial charge is 0.489 e. The number of anilines is 1. The van der Waals surface area contributed by atoms with Gasteiger partial charge in [0.15, 0.2) is 0 Å². The summed E-state index contributed by atoms with van der Waals surface area (Å²) in [4.78, 5) is 0. The van der Waals surface area contributed by atoms with E-state index in [-0.39, 0.29) is 0 Å². The second kappa shape index (κ2) is 13.8. The van der Waals surface area contributed by atoms with E-state index in [0.29, 0.717) is 0 Å². The highest BCUT2D eigenvalue weighted by molar-refractivity contribution is 6.59. The van der Waals surface area contributed by atoms with Crippen molar-refractivity contribution in [1.29, 1.82) is 0 Å². The normalized spacial score (nSPS) is 16.4. The van der Waals surface area contributed by atoms with Crippen LogP contribution in [0.25, 0.3) is 0 Å². The van der Waals surface area contributed by atoms with E-state index in [1.54, 1.807) is 0 Å². The van der Waals surface area contributed by atoms with Crippen molar-refractivity contribution in [2.45, 2.75) is 95.3 Å². The Kier molecular flexibility index (Phi) is 12.6. The molecule has 0 bridgehead atoms. The lowest BCUT2D eigenvalue weighted by molar-refractivity contribution is -0.462. The van der Waals surface area contributed by atoms with Crippen LogP contribution < -0.4 is 11.2 Å². The molecule has 0 saturated heterocycles. The molecule has 4 N–H and O–H groups in total. The molecule has 0 aromatic heterocycles. The fourth-order valence-electron chi connectivity index (χ4n) is 4.10. The average molecular weight is 973 g/mol. The van der Waals surface area contributed by atoms with Crippen LogP contribution in [0.2, 0.25) is 0 Å². The lowest BCUT2D eigenvalue weighted by Gasteiger charge is -2.43. The lowest BCUT2D eigenvalue weighted by atomic mass is 9.71. The van der Waals surface area contributed by atoms with E-state index in [9.17, 15) is 149 Å². The molecule has 0 radical (unpaired) electrons. The molecular formula is C22H6BF34NO2. The van der Waals surface area contributed by atoms with Crippen LogP contribution >= 0.6 is 0 Å². The third kappa shape index (κ3) is 6.57. The van der Waals surface area contributed by atoms with Crippen molar-refractivity contribution in [2.24, 2.45) is 0 Å². The number of hydrogen-bond acceptors (Lipinski definition) is 3. The molecule has 60 heavy (non-hydrogen) atoms. The van der Waals surface area contributed by atoms with E-state index in [2.05, 4.69) is 5.73 Å². The van der Waals surface area contributed by atoms with Crippen molar-refractivity contribution in [3.05, 3.63) is 23.3 Å². The van der Waals surface area contributed by atoms with E-state index >= 15 is 0 Å².